The van der Waals surface area contributed by atoms with Gasteiger partial charge in [0.25, 0.3) is 0 Å². The van der Waals surface area contributed by atoms with Crippen LogP contribution in [-0.2, 0) is 6.42 Å². The molecule has 4 fully saturated rings. The summed E-state index contributed by atoms with van der Waals surface area (Å²) in [5, 5.41) is 3.99. The lowest BCUT2D eigenvalue weighted by molar-refractivity contribution is -0.117. The first kappa shape index (κ1) is 13.8. The summed E-state index contributed by atoms with van der Waals surface area (Å²) < 4.78 is 0. The minimum atomic E-state index is 0.428. The van der Waals surface area contributed by atoms with E-state index < -0.39 is 0 Å². The van der Waals surface area contributed by atoms with Gasteiger partial charge in [-0.2, -0.15) is 0 Å². The Balaban J connectivity index is 1.45. The first-order valence-electron chi connectivity index (χ1n) is 8.63. The Hall–Kier alpha value is -0.890. The summed E-state index contributed by atoms with van der Waals surface area (Å²) in [4.78, 5) is 4.45. The second-order valence-electron chi connectivity index (χ2n) is 8.91. The lowest BCUT2D eigenvalue weighted by Gasteiger charge is -2.65. The van der Waals surface area contributed by atoms with Crippen LogP contribution in [0.15, 0.2) is 24.4 Å². The molecule has 2 nitrogen and oxygen atoms in total. The van der Waals surface area contributed by atoms with Gasteiger partial charge in [-0.25, -0.2) is 0 Å². The molecule has 4 aliphatic rings. The predicted molar refractivity (Wildman–Crippen MR) is 86.1 cm³/mol. The van der Waals surface area contributed by atoms with E-state index in [4.69, 9.17) is 0 Å². The van der Waals surface area contributed by atoms with Crippen LogP contribution in [0.3, 0.4) is 0 Å². The fourth-order valence-corrected chi connectivity index (χ4v) is 6.65. The summed E-state index contributed by atoms with van der Waals surface area (Å²) in [6.45, 7) is 6.17. The molecule has 4 atom stereocenters. The zero-order chi connectivity index (χ0) is 14.6. The molecule has 4 bridgehead atoms. The fraction of sp³-hybridized carbons (Fsp3) is 0.737. The third kappa shape index (κ3) is 2.52. The molecule has 0 radical (unpaired) electrons. The van der Waals surface area contributed by atoms with Crippen molar-refractivity contribution in [2.75, 3.05) is 6.54 Å². The minimum absolute atomic E-state index is 0.428. The van der Waals surface area contributed by atoms with E-state index in [1.54, 1.807) is 0 Å². The predicted octanol–water partition coefficient (Wildman–Crippen LogP) is 3.96. The molecule has 0 aliphatic heterocycles. The average Bonchev–Trinajstić information content (AvgIpc) is 2.35. The molecule has 4 aliphatic carbocycles. The van der Waals surface area contributed by atoms with Crippen LogP contribution in [0.4, 0.5) is 0 Å². The molecule has 21 heavy (non-hydrogen) atoms. The second-order valence-corrected chi connectivity index (χ2v) is 8.91. The number of aromatic nitrogens is 1. The first-order valence-corrected chi connectivity index (χ1v) is 8.63. The van der Waals surface area contributed by atoms with E-state index in [2.05, 4.69) is 36.3 Å². The molecule has 1 heterocycles. The van der Waals surface area contributed by atoms with Crippen molar-refractivity contribution >= 4 is 0 Å². The number of hydrogen-bond donors (Lipinski definition) is 1. The van der Waals surface area contributed by atoms with Crippen LogP contribution in [0, 0.1) is 16.7 Å². The van der Waals surface area contributed by atoms with Crippen molar-refractivity contribution in [3.63, 3.8) is 0 Å². The standard InChI is InChI=1S/C19H28N2/c1-17-9-15-10-18(2,12-17)14-19(11-15,13-17)21-8-6-16-5-3-4-7-20-16/h3-5,7,15,21H,6,8-14H2,1-2H3/t15?,17-,18+,19?. The summed E-state index contributed by atoms with van der Waals surface area (Å²) in [5.41, 5.74) is 2.85. The van der Waals surface area contributed by atoms with Crippen molar-refractivity contribution in [3.8, 4) is 0 Å². The summed E-state index contributed by atoms with van der Waals surface area (Å²) in [6.07, 6.45) is 11.6. The zero-order valence-electron chi connectivity index (χ0n) is 13.5. The molecule has 0 saturated heterocycles. The third-order valence-corrected chi connectivity index (χ3v) is 6.23. The summed E-state index contributed by atoms with van der Waals surface area (Å²) in [6, 6.07) is 6.23. The Morgan fingerprint density at radius 3 is 2.48 bits per heavy atom. The van der Waals surface area contributed by atoms with Gasteiger partial charge in [-0.15, -0.1) is 0 Å². The quantitative estimate of drug-likeness (QED) is 0.905. The highest BCUT2D eigenvalue weighted by Crippen LogP contribution is 2.66. The van der Waals surface area contributed by atoms with Crippen molar-refractivity contribution in [1.29, 1.82) is 0 Å². The number of pyridine rings is 1. The van der Waals surface area contributed by atoms with Crippen molar-refractivity contribution in [3.05, 3.63) is 30.1 Å². The maximum atomic E-state index is 4.45. The average molecular weight is 284 g/mol. The molecule has 5 rings (SSSR count). The maximum Gasteiger partial charge on any atom is 0.0416 e. The molecule has 1 aromatic rings. The summed E-state index contributed by atoms with van der Waals surface area (Å²) in [7, 11) is 0. The molecule has 2 unspecified atom stereocenters. The number of rotatable bonds is 4. The highest BCUT2D eigenvalue weighted by atomic mass is 15.0. The van der Waals surface area contributed by atoms with Gasteiger partial charge >= 0.3 is 0 Å². The lowest BCUT2D eigenvalue weighted by atomic mass is 9.43. The van der Waals surface area contributed by atoms with Gasteiger partial charge in [-0.3, -0.25) is 4.98 Å². The van der Waals surface area contributed by atoms with Crippen LogP contribution in [-0.4, -0.2) is 17.1 Å². The van der Waals surface area contributed by atoms with Gasteiger partial charge in [0.2, 0.25) is 0 Å². The number of hydrogen-bond acceptors (Lipinski definition) is 2. The van der Waals surface area contributed by atoms with E-state index in [0.29, 0.717) is 16.4 Å². The largest absolute Gasteiger partial charge is 0.311 e. The maximum absolute atomic E-state index is 4.45. The Labute approximate surface area is 128 Å². The molecule has 0 amide bonds. The van der Waals surface area contributed by atoms with Gasteiger partial charge in [0.05, 0.1) is 0 Å². The third-order valence-electron chi connectivity index (χ3n) is 6.23. The van der Waals surface area contributed by atoms with Gasteiger partial charge in [0.1, 0.15) is 0 Å². The molecule has 114 valence electrons. The van der Waals surface area contributed by atoms with E-state index in [1.165, 1.54) is 44.2 Å². The van der Waals surface area contributed by atoms with Crippen LogP contribution >= 0.6 is 0 Å². The molecular formula is C19H28N2. The van der Waals surface area contributed by atoms with E-state index in [1.807, 2.05) is 12.3 Å². The van der Waals surface area contributed by atoms with Gasteiger partial charge in [-0.05, 0) is 67.4 Å². The van der Waals surface area contributed by atoms with E-state index in [0.717, 1.165) is 18.9 Å². The Kier molecular flexibility index (Phi) is 2.98. The molecule has 4 saturated carbocycles. The Bertz CT molecular complexity index is 506. The van der Waals surface area contributed by atoms with Gasteiger partial charge in [0, 0.05) is 30.4 Å². The second kappa shape index (κ2) is 4.55. The smallest absolute Gasteiger partial charge is 0.0416 e. The topological polar surface area (TPSA) is 24.9 Å². The van der Waals surface area contributed by atoms with Crippen molar-refractivity contribution in [1.82, 2.24) is 10.3 Å². The summed E-state index contributed by atoms with van der Waals surface area (Å²) >= 11 is 0. The van der Waals surface area contributed by atoms with Crippen LogP contribution in [0.2, 0.25) is 0 Å². The molecule has 0 spiro atoms. The van der Waals surface area contributed by atoms with E-state index in [-0.39, 0.29) is 0 Å². The minimum Gasteiger partial charge on any atom is -0.311 e. The van der Waals surface area contributed by atoms with Crippen molar-refractivity contribution < 1.29 is 0 Å². The Morgan fingerprint density at radius 2 is 1.86 bits per heavy atom. The van der Waals surface area contributed by atoms with Crippen LogP contribution in [0.1, 0.15) is 58.1 Å². The van der Waals surface area contributed by atoms with Crippen LogP contribution in [0.5, 0.6) is 0 Å². The molecule has 1 aromatic heterocycles. The molecule has 1 N–H and O–H groups in total. The summed E-state index contributed by atoms with van der Waals surface area (Å²) in [5.74, 6) is 0.971. The van der Waals surface area contributed by atoms with E-state index in [9.17, 15) is 0 Å². The molecule has 2 heteroatoms. The zero-order valence-corrected chi connectivity index (χ0v) is 13.5. The van der Waals surface area contributed by atoms with E-state index >= 15 is 0 Å². The van der Waals surface area contributed by atoms with Crippen LogP contribution in [0.25, 0.3) is 0 Å². The SMILES string of the molecule is C[C@]12CC3CC(NCCc4ccccn4)(C1)C[C@@](C)(C3)C2. The fourth-order valence-electron chi connectivity index (χ4n) is 6.65. The van der Waals surface area contributed by atoms with Crippen LogP contribution < -0.4 is 5.32 Å². The lowest BCUT2D eigenvalue weighted by Crippen LogP contribution is -2.64. The highest BCUT2D eigenvalue weighted by Gasteiger charge is 2.59. The highest BCUT2D eigenvalue weighted by molar-refractivity contribution is 5.14. The van der Waals surface area contributed by atoms with Crippen molar-refractivity contribution in [2.24, 2.45) is 16.7 Å². The molecular weight excluding hydrogens is 256 g/mol. The normalized spacial score (nSPS) is 44.2. The van der Waals surface area contributed by atoms with Gasteiger partial charge < -0.3 is 5.32 Å². The molecule has 0 aromatic carbocycles. The number of nitrogens with one attached hydrogen (secondary N) is 1. The number of nitrogens with zero attached hydrogens (tertiary/aromatic N) is 1. The monoisotopic (exact) mass is 284 g/mol. The Morgan fingerprint density at radius 1 is 1.10 bits per heavy atom. The van der Waals surface area contributed by atoms with Gasteiger partial charge in [-0.1, -0.05) is 19.9 Å². The van der Waals surface area contributed by atoms with Gasteiger partial charge in [0.15, 0.2) is 0 Å². The van der Waals surface area contributed by atoms with Crippen molar-refractivity contribution in [2.45, 2.75) is 64.3 Å². The first-order chi connectivity index (χ1) is 9.99.